The van der Waals surface area contributed by atoms with Crippen LogP contribution in [-0.4, -0.2) is 60.1 Å². The molecule has 1 aliphatic rings. The summed E-state index contributed by atoms with van der Waals surface area (Å²) in [6, 6.07) is 22.4. The molecule has 0 radical (unpaired) electrons. The third-order valence-corrected chi connectivity index (χ3v) is 8.22. The van der Waals surface area contributed by atoms with Crippen molar-refractivity contribution >= 4 is 38.3 Å². The highest BCUT2D eigenvalue weighted by Crippen LogP contribution is 2.36. The maximum Gasteiger partial charge on any atom is 0.211 e. The van der Waals surface area contributed by atoms with Gasteiger partial charge < -0.3 is 4.90 Å². The van der Waals surface area contributed by atoms with Crippen molar-refractivity contribution in [3.8, 4) is 6.07 Å². The van der Waals surface area contributed by atoms with Crippen LogP contribution in [0.1, 0.15) is 17.5 Å². The molecule has 0 unspecified atom stereocenters. The number of thioether (sulfide) groups is 1. The maximum atomic E-state index is 11.7. The van der Waals surface area contributed by atoms with Crippen LogP contribution in [0.2, 0.25) is 0 Å². The lowest BCUT2D eigenvalue weighted by Crippen LogP contribution is -2.49. The molecule has 1 heterocycles. The van der Waals surface area contributed by atoms with Gasteiger partial charge in [0.15, 0.2) is 0 Å². The van der Waals surface area contributed by atoms with Gasteiger partial charge in [0.05, 0.1) is 12.3 Å². The highest BCUT2D eigenvalue weighted by Gasteiger charge is 2.34. The molecule has 30 heavy (non-hydrogen) atoms. The molecule has 2 aromatic carbocycles. The van der Waals surface area contributed by atoms with Crippen molar-refractivity contribution in [2.45, 2.75) is 11.8 Å². The summed E-state index contributed by atoms with van der Waals surface area (Å²) in [6.07, 6.45) is 1.87. The molecule has 1 fully saturated rings. The van der Waals surface area contributed by atoms with E-state index in [9.17, 15) is 13.7 Å². The molecule has 158 valence electrons. The molecule has 0 bridgehead atoms. The van der Waals surface area contributed by atoms with Gasteiger partial charge in [0.2, 0.25) is 10.0 Å². The molecule has 0 N–H and O–H groups in total. The second-order valence-corrected chi connectivity index (χ2v) is 11.0. The van der Waals surface area contributed by atoms with Gasteiger partial charge in [0, 0.05) is 31.9 Å². The first-order valence-electron chi connectivity index (χ1n) is 9.76. The van der Waals surface area contributed by atoms with Crippen LogP contribution in [-0.2, 0) is 15.4 Å². The SMILES string of the molecule is CS(=O)(=O)N1CCN(C(=S)SCCC(C#N)(c2ccccc2)c2ccccc2)CC1. The molecular weight excluding hydrogens is 434 g/mol. The summed E-state index contributed by atoms with van der Waals surface area (Å²) in [5.74, 6) is 0.697. The molecule has 0 atom stereocenters. The van der Waals surface area contributed by atoms with Gasteiger partial charge in [-0.25, -0.2) is 8.42 Å². The summed E-state index contributed by atoms with van der Waals surface area (Å²) in [7, 11) is -3.16. The minimum atomic E-state index is -3.16. The van der Waals surface area contributed by atoms with Crippen molar-refractivity contribution in [2.75, 3.05) is 38.2 Å². The Morgan fingerprint density at radius 1 is 1.03 bits per heavy atom. The molecule has 0 aromatic heterocycles. The topological polar surface area (TPSA) is 64.4 Å². The number of sulfonamides is 1. The number of hydrogen-bond donors (Lipinski definition) is 0. The monoisotopic (exact) mass is 459 g/mol. The van der Waals surface area contributed by atoms with E-state index in [0.29, 0.717) is 38.4 Å². The Balaban J connectivity index is 1.67. The van der Waals surface area contributed by atoms with Gasteiger partial charge in [-0.15, -0.1) is 0 Å². The number of thiocarbonyl (C=S) groups is 1. The summed E-state index contributed by atoms with van der Waals surface area (Å²) in [4.78, 5) is 2.06. The third-order valence-electron chi connectivity index (χ3n) is 5.39. The quantitative estimate of drug-likeness (QED) is 0.616. The van der Waals surface area contributed by atoms with Crippen LogP contribution >= 0.6 is 24.0 Å². The van der Waals surface area contributed by atoms with Crippen LogP contribution < -0.4 is 0 Å². The van der Waals surface area contributed by atoms with Crippen LogP contribution in [0.15, 0.2) is 60.7 Å². The van der Waals surface area contributed by atoms with Gasteiger partial charge in [0.1, 0.15) is 9.74 Å². The van der Waals surface area contributed by atoms with E-state index in [0.717, 1.165) is 15.4 Å². The van der Waals surface area contributed by atoms with Crippen molar-refractivity contribution in [3.05, 3.63) is 71.8 Å². The first kappa shape index (κ1) is 22.8. The van der Waals surface area contributed by atoms with Crippen molar-refractivity contribution in [2.24, 2.45) is 0 Å². The number of nitriles is 1. The third kappa shape index (κ3) is 5.22. The van der Waals surface area contributed by atoms with Gasteiger partial charge >= 0.3 is 0 Å². The zero-order valence-electron chi connectivity index (χ0n) is 16.9. The van der Waals surface area contributed by atoms with Crippen LogP contribution in [0, 0.1) is 11.3 Å². The number of nitrogens with zero attached hydrogens (tertiary/aromatic N) is 3. The standard InChI is InChI=1S/C22H25N3O2S3/c1-30(26,27)25-15-13-24(14-16-25)21(28)29-17-12-22(18-23,19-8-4-2-5-9-19)20-10-6-3-7-11-20/h2-11H,12-17H2,1H3. The van der Waals surface area contributed by atoms with Crippen molar-refractivity contribution in [1.29, 1.82) is 5.26 Å². The zero-order chi connectivity index (χ0) is 21.6. The van der Waals surface area contributed by atoms with E-state index in [4.69, 9.17) is 12.2 Å². The second kappa shape index (κ2) is 9.92. The van der Waals surface area contributed by atoms with E-state index in [1.165, 1.54) is 10.6 Å². The van der Waals surface area contributed by atoms with Gasteiger partial charge in [-0.1, -0.05) is 84.6 Å². The highest BCUT2D eigenvalue weighted by molar-refractivity contribution is 8.22. The Kier molecular flexibility index (Phi) is 7.53. The Morgan fingerprint density at radius 3 is 1.97 bits per heavy atom. The van der Waals surface area contributed by atoms with Crippen LogP contribution in [0.4, 0.5) is 0 Å². The largest absolute Gasteiger partial charge is 0.355 e. The van der Waals surface area contributed by atoms with Crippen molar-refractivity contribution in [1.82, 2.24) is 9.21 Å². The minimum Gasteiger partial charge on any atom is -0.355 e. The molecule has 8 heteroatoms. The van der Waals surface area contributed by atoms with Gasteiger partial charge in [-0.2, -0.15) is 9.57 Å². The first-order chi connectivity index (χ1) is 14.4. The molecule has 0 spiro atoms. The molecule has 1 saturated heterocycles. The molecule has 0 saturated carbocycles. The summed E-state index contributed by atoms with van der Waals surface area (Å²) in [5.41, 5.74) is 1.22. The Hall–Kier alpha value is -1.92. The number of rotatable bonds is 6. The molecule has 3 rings (SSSR count). The fourth-order valence-corrected chi connectivity index (χ4v) is 5.88. The highest BCUT2D eigenvalue weighted by atomic mass is 32.2. The van der Waals surface area contributed by atoms with E-state index in [-0.39, 0.29) is 0 Å². The zero-order valence-corrected chi connectivity index (χ0v) is 19.3. The molecule has 1 aliphatic heterocycles. The van der Waals surface area contributed by atoms with Gasteiger partial charge in [-0.3, -0.25) is 0 Å². The van der Waals surface area contributed by atoms with Crippen LogP contribution in [0.3, 0.4) is 0 Å². The molecule has 0 amide bonds. The average molecular weight is 460 g/mol. The summed E-state index contributed by atoms with van der Waals surface area (Å²) in [5, 5.41) is 10.2. The maximum absolute atomic E-state index is 11.7. The van der Waals surface area contributed by atoms with Crippen molar-refractivity contribution in [3.63, 3.8) is 0 Å². The van der Waals surface area contributed by atoms with E-state index >= 15 is 0 Å². The Morgan fingerprint density at radius 2 is 1.53 bits per heavy atom. The van der Waals surface area contributed by atoms with E-state index in [1.807, 2.05) is 60.7 Å². The summed E-state index contributed by atoms with van der Waals surface area (Å²) < 4.78 is 25.6. The molecule has 2 aromatic rings. The van der Waals surface area contributed by atoms with Crippen LogP contribution in [0.5, 0.6) is 0 Å². The molecular formula is C22H25N3O2S3. The summed E-state index contributed by atoms with van der Waals surface area (Å²) in [6.45, 7) is 2.10. The van der Waals surface area contributed by atoms with E-state index in [2.05, 4.69) is 11.0 Å². The lowest BCUT2D eigenvalue weighted by molar-refractivity contribution is 0.273. The predicted octanol–water partition coefficient (Wildman–Crippen LogP) is 3.48. The second-order valence-electron chi connectivity index (χ2n) is 7.26. The lowest BCUT2D eigenvalue weighted by atomic mass is 9.74. The first-order valence-corrected chi connectivity index (χ1v) is 13.0. The fraction of sp³-hybridized carbons (Fsp3) is 0.364. The lowest BCUT2D eigenvalue weighted by Gasteiger charge is -2.34. The van der Waals surface area contributed by atoms with Gasteiger partial charge in [0.25, 0.3) is 0 Å². The van der Waals surface area contributed by atoms with E-state index in [1.54, 1.807) is 11.8 Å². The number of hydrogen-bond acceptors (Lipinski definition) is 5. The Labute approximate surface area is 188 Å². The Bertz CT molecular complexity index is 957. The number of benzene rings is 2. The molecule has 5 nitrogen and oxygen atoms in total. The predicted molar refractivity (Wildman–Crippen MR) is 127 cm³/mol. The normalized spacial score (nSPS) is 15.5. The average Bonchev–Trinajstić information content (AvgIpc) is 2.77. The molecule has 0 aliphatic carbocycles. The smallest absolute Gasteiger partial charge is 0.211 e. The minimum absolute atomic E-state index is 0.454. The van der Waals surface area contributed by atoms with Crippen LogP contribution in [0.25, 0.3) is 0 Å². The fourth-order valence-electron chi connectivity index (χ4n) is 3.67. The van der Waals surface area contributed by atoms with Gasteiger partial charge in [-0.05, 0) is 17.5 Å². The van der Waals surface area contributed by atoms with Crippen molar-refractivity contribution < 1.29 is 8.42 Å². The summed E-state index contributed by atoms with van der Waals surface area (Å²) >= 11 is 7.16. The van der Waals surface area contributed by atoms with E-state index < -0.39 is 15.4 Å². The number of piperazine rings is 1.